The van der Waals surface area contributed by atoms with E-state index in [1.54, 1.807) is 31.2 Å². The molecule has 0 unspecified atom stereocenters. The molecule has 0 bridgehead atoms. The molecule has 17 heavy (non-hydrogen) atoms. The standard InChI is InChI=1S/C12H14O4S/c1-3-16-12(13)11(17(2,14)15)9-10-7-5-4-6-8-10/h4-9H,3H2,1-2H3/b11-9-. The van der Waals surface area contributed by atoms with E-state index in [0.29, 0.717) is 5.56 Å². The van der Waals surface area contributed by atoms with Gasteiger partial charge in [-0.15, -0.1) is 0 Å². The molecule has 5 heteroatoms. The lowest BCUT2D eigenvalue weighted by molar-refractivity contribution is -0.137. The number of sulfone groups is 1. The molecule has 1 aromatic carbocycles. The second-order valence-electron chi connectivity index (χ2n) is 3.41. The Labute approximate surface area is 101 Å². The summed E-state index contributed by atoms with van der Waals surface area (Å²) in [4.78, 5) is 11.2. The summed E-state index contributed by atoms with van der Waals surface area (Å²) in [7, 11) is -3.60. The van der Waals surface area contributed by atoms with Crippen LogP contribution in [0.4, 0.5) is 0 Å². The molecule has 92 valence electrons. The molecule has 0 fully saturated rings. The van der Waals surface area contributed by atoms with Crippen LogP contribution in [-0.2, 0) is 19.4 Å². The largest absolute Gasteiger partial charge is 0.462 e. The zero-order chi connectivity index (χ0) is 12.9. The van der Waals surface area contributed by atoms with Gasteiger partial charge in [-0.25, -0.2) is 13.2 Å². The molecule has 0 aliphatic heterocycles. The van der Waals surface area contributed by atoms with Crippen molar-refractivity contribution < 1.29 is 17.9 Å². The Bertz CT molecular complexity index is 515. The molecule has 0 aliphatic carbocycles. The number of hydrogen-bond donors (Lipinski definition) is 0. The van der Waals surface area contributed by atoms with Gasteiger partial charge < -0.3 is 4.74 Å². The van der Waals surface area contributed by atoms with Crippen LogP contribution in [-0.4, -0.2) is 27.2 Å². The monoisotopic (exact) mass is 254 g/mol. The van der Waals surface area contributed by atoms with E-state index in [0.717, 1.165) is 6.26 Å². The number of benzene rings is 1. The normalized spacial score (nSPS) is 12.2. The number of carbonyl (C=O) groups excluding carboxylic acids is 1. The van der Waals surface area contributed by atoms with E-state index >= 15 is 0 Å². The van der Waals surface area contributed by atoms with E-state index in [-0.39, 0.29) is 11.5 Å². The molecule has 0 aromatic heterocycles. The summed E-state index contributed by atoms with van der Waals surface area (Å²) in [5.41, 5.74) is 0.640. The minimum absolute atomic E-state index is 0.139. The average Bonchev–Trinajstić information content (AvgIpc) is 2.26. The highest BCUT2D eigenvalue weighted by molar-refractivity contribution is 7.95. The number of ether oxygens (including phenoxy) is 1. The quantitative estimate of drug-likeness (QED) is 0.605. The van der Waals surface area contributed by atoms with Gasteiger partial charge in [-0.05, 0) is 18.6 Å². The van der Waals surface area contributed by atoms with Crippen molar-refractivity contribution in [2.45, 2.75) is 6.92 Å². The van der Waals surface area contributed by atoms with Crippen molar-refractivity contribution in [2.75, 3.05) is 12.9 Å². The number of carbonyl (C=O) groups is 1. The van der Waals surface area contributed by atoms with Gasteiger partial charge >= 0.3 is 5.97 Å². The predicted octanol–water partition coefficient (Wildman–Crippen LogP) is 1.64. The van der Waals surface area contributed by atoms with Crippen molar-refractivity contribution in [1.82, 2.24) is 0 Å². The lowest BCUT2D eigenvalue weighted by Crippen LogP contribution is -2.15. The van der Waals surface area contributed by atoms with Crippen LogP contribution in [0, 0.1) is 0 Å². The minimum atomic E-state index is -3.60. The molecular weight excluding hydrogens is 240 g/mol. The molecule has 1 rings (SSSR count). The Kier molecular flexibility index (Phi) is 4.45. The van der Waals surface area contributed by atoms with Crippen LogP contribution in [0.5, 0.6) is 0 Å². The van der Waals surface area contributed by atoms with Gasteiger partial charge in [0.15, 0.2) is 14.7 Å². The van der Waals surface area contributed by atoms with Gasteiger partial charge in [0.25, 0.3) is 0 Å². The number of hydrogen-bond acceptors (Lipinski definition) is 4. The topological polar surface area (TPSA) is 60.4 Å². The van der Waals surface area contributed by atoms with Crippen molar-refractivity contribution in [3.05, 3.63) is 40.8 Å². The third kappa shape index (κ3) is 4.03. The first-order valence-corrected chi connectivity index (χ1v) is 6.98. The number of rotatable bonds is 4. The molecule has 4 nitrogen and oxygen atoms in total. The van der Waals surface area contributed by atoms with Crippen LogP contribution in [0.2, 0.25) is 0 Å². The Morgan fingerprint density at radius 2 is 1.88 bits per heavy atom. The maximum Gasteiger partial charge on any atom is 0.349 e. The fourth-order valence-electron chi connectivity index (χ4n) is 1.22. The molecule has 0 aliphatic rings. The van der Waals surface area contributed by atoms with Crippen molar-refractivity contribution >= 4 is 21.9 Å². The zero-order valence-corrected chi connectivity index (χ0v) is 10.5. The first-order valence-electron chi connectivity index (χ1n) is 5.09. The lowest BCUT2D eigenvalue weighted by Gasteiger charge is -2.04. The third-order valence-electron chi connectivity index (χ3n) is 1.97. The van der Waals surface area contributed by atoms with Gasteiger partial charge in [-0.3, -0.25) is 0 Å². The van der Waals surface area contributed by atoms with Crippen LogP contribution in [0.15, 0.2) is 35.2 Å². The van der Waals surface area contributed by atoms with Crippen molar-refractivity contribution in [2.24, 2.45) is 0 Å². The van der Waals surface area contributed by atoms with Gasteiger partial charge in [-0.2, -0.15) is 0 Å². The predicted molar refractivity (Wildman–Crippen MR) is 65.9 cm³/mol. The van der Waals surface area contributed by atoms with Crippen molar-refractivity contribution in [1.29, 1.82) is 0 Å². The molecule has 0 spiro atoms. The van der Waals surface area contributed by atoms with E-state index in [1.165, 1.54) is 6.08 Å². The minimum Gasteiger partial charge on any atom is -0.462 e. The highest BCUT2D eigenvalue weighted by Gasteiger charge is 2.21. The summed E-state index contributed by atoms with van der Waals surface area (Å²) in [5, 5.41) is 0. The maximum absolute atomic E-state index is 11.5. The van der Waals surface area contributed by atoms with E-state index < -0.39 is 15.8 Å². The van der Waals surface area contributed by atoms with Gasteiger partial charge in [0.05, 0.1) is 6.61 Å². The molecule has 0 N–H and O–H groups in total. The summed E-state index contributed by atoms with van der Waals surface area (Å²) >= 11 is 0. The molecule has 0 saturated carbocycles. The molecule has 0 radical (unpaired) electrons. The van der Waals surface area contributed by atoms with Crippen LogP contribution in [0.25, 0.3) is 6.08 Å². The first-order chi connectivity index (χ1) is 7.95. The maximum atomic E-state index is 11.5. The Hall–Kier alpha value is -1.62. The Morgan fingerprint density at radius 1 is 1.29 bits per heavy atom. The lowest BCUT2D eigenvalue weighted by atomic mass is 10.2. The molecular formula is C12H14O4S. The smallest absolute Gasteiger partial charge is 0.349 e. The molecule has 0 amide bonds. The molecule has 0 atom stereocenters. The summed E-state index contributed by atoms with van der Waals surface area (Å²) in [6.45, 7) is 1.76. The van der Waals surface area contributed by atoms with E-state index in [9.17, 15) is 13.2 Å². The SMILES string of the molecule is CCOC(=O)/C(=C/c1ccccc1)S(C)(=O)=O. The second kappa shape index (κ2) is 5.63. The summed E-state index contributed by atoms with van der Waals surface area (Å²) in [6.07, 6.45) is 2.30. The second-order valence-corrected chi connectivity index (χ2v) is 5.40. The van der Waals surface area contributed by atoms with Gasteiger partial charge in [0, 0.05) is 6.26 Å². The Morgan fingerprint density at radius 3 is 2.35 bits per heavy atom. The third-order valence-corrected chi connectivity index (χ3v) is 3.06. The van der Waals surface area contributed by atoms with Gasteiger partial charge in [0.2, 0.25) is 0 Å². The van der Waals surface area contributed by atoms with Crippen molar-refractivity contribution in [3.63, 3.8) is 0 Å². The van der Waals surface area contributed by atoms with Crippen LogP contribution < -0.4 is 0 Å². The van der Waals surface area contributed by atoms with Crippen molar-refractivity contribution in [3.8, 4) is 0 Å². The van der Waals surface area contributed by atoms with Crippen LogP contribution in [0.1, 0.15) is 12.5 Å². The fraction of sp³-hybridized carbons (Fsp3) is 0.250. The first kappa shape index (κ1) is 13.4. The summed E-state index contributed by atoms with van der Waals surface area (Å²) in [5.74, 6) is -0.821. The fourth-order valence-corrected chi connectivity index (χ4v) is 1.93. The van der Waals surface area contributed by atoms with Gasteiger partial charge in [-0.1, -0.05) is 30.3 Å². The summed E-state index contributed by atoms with van der Waals surface area (Å²) in [6, 6.07) is 8.75. The molecule has 1 aromatic rings. The Balaban J connectivity index is 3.17. The van der Waals surface area contributed by atoms with E-state index in [4.69, 9.17) is 4.74 Å². The van der Waals surface area contributed by atoms with Crippen LogP contribution in [0.3, 0.4) is 0 Å². The number of esters is 1. The molecule has 0 heterocycles. The van der Waals surface area contributed by atoms with E-state index in [2.05, 4.69) is 0 Å². The van der Waals surface area contributed by atoms with E-state index in [1.807, 2.05) is 6.07 Å². The average molecular weight is 254 g/mol. The zero-order valence-electron chi connectivity index (χ0n) is 9.71. The summed E-state index contributed by atoms with van der Waals surface area (Å²) < 4.78 is 27.7. The highest BCUT2D eigenvalue weighted by Crippen LogP contribution is 2.13. The highest BCUT2D eigenvalue weighted by atomic mass is 32.2. The van der Waals surface area contributed by atoms with Crippen LogP contribution >= 0.6 is 0 Å². The van der Waals surface area contributed by atoms with Gasteiger partial charge in [0.1, 0.15) is 0 Å². The molecule has 0 saturated heterocycles.